The fourth-order valence-electron chi connectivity index (χ4n) is 2.95. The van der Waals surface area contributed by atoms with E-state index < -0.39 is 0 Å². The normalized spacial score (nSPS) is 11.0. The van der Waals surface area contributed by atoms with Gasteiger partial charge >= 0.3 is 0 Å². The number of carbonyl (C=O) groups excluding carboxylic acids is 1. The van der Waals surface area contributed by atoms with Crippen molar-refractivity contribution in [2.75, 3.05) is 20.7 Å². The smallest absolute Gasteiger partial charge is 0.224 e. The number of nitrogens with zero attached hydrogens (tertiary/aromatic N) is 4. The van der Waals surface area contributed by atoms with Gasteiger partial charge in [0.1, 0.15) is 17.4 Å². The molecule has 0 fully saturated rings. The van der Waals surface area contributed by atoms with Crippen molar-refractivity contribution in [1.82, 2.24) is 24.4 Å². The number of aromatic nitrogens is 4. The molecule has 3 rings (SSSR count). The van der Waals surface area contributed by atoms with Gasteiger partial charge in [0, 0.05) is 57.9 Å². The van der Waals surface area contributed by atoms with E-state index in [1.807, 2.05) is 36.0 Å². The largest absolute Gasteiger partial charge is 0.497 e. The third-order valence-electron chi connectivity index (χ3n) is 4.53. The first kappa shape index (κ1) is 18.0. The van der Waals surface area contributed by atoms with Crippen LogP contribution in [-0.2, 0) is 24.2 Å². The van der Waals surface area contributed by atoms with Crippen molar-refractivity contribution in [2.24, 2.45) is 0 Å². The molecule has 0 atom stereocenters. The number of carbonyl (C=O) groups is 1. The first-order chi connectivity index (χ1) is 12.6. The lowest BCUT2D eigenvalue weighted by Crippen LogP contribution is -2.29. The SMILES string of the molecule is CCc1nccn1CCC(=O)N(C)CCc1nc2ccc(OC)cc2[nH]1. The summed E-state index contributed by atoms with van der Waals surface area (Å²) >= 11 is 0. The van der Waals surface area contributed by atoms with Crippen molar-refractivity contribution in [2.45, 2.75) is 32.7 Å². The Morgan fingerprint density at radius 3 is 3.00 bits per heavy atom. The van der Waals surface area contributed by atoms with Gasteiger partial charge in [-0.25, -0.2) is 9.97 Å². The fraction of sp³-hybridized carbons (Fsp3) is 0.421. The van der Waals surface area contributed by atoms with E-state index in [0.29, 0.717) is 25.9 Å². The highest BCUT2D eigenvalue weighted by molar-refractivity contribution is 5.77. The summed E-state index contributed by atoms with van der Waals surface area (Å²) in [5, 5.41) is 0. The molecule has 0 bridgehead atoms. The van der Waals surface area contributed by atoms with Crippen LogP contribution in [0, 0.1) is 0 Å². The topological polar surface area (TPSA) is 76.0 Å². The van der Waals surface area contributed by atoms with Crippen LogP contribution in [0.4, 0.5) is 0 Å². The molecule has 0 aliphatic heterocycles. The second-order valence-corrected chi connectivity index (χ2v) is 6.27. The molecule has 1 aromatic carbocycles. The van der Waals surface area contributed by atoms with Gasteiger partial charge in [-0.05, 0) is 12.1 Å². The van der Waals surface area contributed by atoms with E-state index in [4.69, 9.17) is 4.74 Å². The van der Waals surface area contributed by atoms with Gasteiger partial charge in [-0.2, -0.15) is 0 Å². The van der Waals surface area contributed by atoms with Crippen LogP contribution in [0.15, 0.2) is 30.6 Å². The summed E-state index contributed by atoms with van der Waals surface area (Å²) in [5.41, 5.74) is 1.85. The average molecular weight is 355 g/mol. The number of aromatic amines is 1. The Bertz CT molecular complexity index is 883. The molecule has 26 heavy (non-hydrogen) atoms. The number of fused-ring (bicyclic) bond motifs is 1. The number of H-pyrrole nitrogens is 1. The highest BCUT2D eigenvalue weighted by Gasteiger charge is 2.11. The van der Waals surface area contributed by atoms with E-state index in [1.54, 1.807) is 18.2 Å². The van der Waals surface area contributed by atoms with Crippen LogP contribution in [-0.4, -0.2) is 51.0 Å². The quantitative estimate of drug-likeness (QED) is 0.673. The lowest BCUT2D eigenvalue weighted by atomic mass is 10.3. The molecule has 0 unspecified atom stereocenters. The molecule has 0 saturated heterocycles. The zero-order chi connectivity index (χ0) is 18.5. The van der Waals surface area contributed by atoms with E-state index in [1.165, 1.54) is 0 Å². The summed E-state index contributed by atoms with van der Waals surface area (Å²) in [6, 6.07) is 5.75. The molecule has 0 aliphatic rings. The molecular weight excluding hydrogens is 330 g/mol. The highest BCUT2D eigenvalue weighted by Crippen LogP contribution is 2.18. The maximum atomic E-state index is 12.4. The lowest BCUT2D eigenvalue weighted by molar-refractivity contribution is -0.130. The van der Waals surface area contributed by atoms with E-state index in [-0.39, 0.29) is 5.91 Å². The zero-order valence-electron chi connectivity index (χ0n) is 15.5. The molecule has 138 valence electrons. The summed E-state index contributed by atoms with van der Waals surface area (Å²) in [6.07, 6.45) is 5.73. The number of amides is 1. The summed E-state index contributed by atoms with van der Waals surface area (Å²) in [4.78, 5) is 26.3. The Balaban J connectivity index is 1.53. The number of rotatable bonds is 8. The van der Waals surface area contributed by atoms with Crippen LogP contribution in [0.1, 0.15) is 25.0 Å². The zero-order valence-corrected chi connectivity index (χ0v) is 15.5. The maximum absolute atomic E-state index is 12.4. The number of benzene rings is 1. The number of nitrogens with one attached hydrogen (secondary N) is 1. The Morgan fingerprint density at radius 1 is 1.38 bits per heavy atom. The number of hydrogen-bond donors (Lipinski definition) is 1. The number of imidazole rings is 2. The molecule has 0 aliphatic carbocycles. The molecule has 7 heteroatoms. The number of ether oxygens (including phenoxy) is 1. The Kier molecular flexibility index (Phi) is 5.55. The molecule has 1 amide bonds. The Morgan fingerprint density at radius 2 is 2.23 bits per heavy atom. The molecule has 7 nitrogen and oxygen atoms in total. The fourth-order valence-corrected chi connectivity index (χ4v) is 2.95. The van der Waals surface area contributed by atoms with Gasteiger partial charge < -0.3 is 19.2 Å². The van der Waals surface area contributed by atoms with Crippen molar-refractivity contribution >= 4 is 16.9 Å². The van der Waals surface area contributed by atoms with Crippen LogP contribution in [0.2, 0.25) is 0 Å². The van der Waals surface area contributed by atoms with Gasteiger partial charge in [-0.1, -0.05) is 6.92 Å². The molecule has 2 heterocycles. The standard InChI is InChI=1S/C19H25N5O2/c1-4-18-20-9-12-24(18)11-8-19(25)23(2)10-7-17-21-15-6-5-14(26-3)13-16(15)22-17/h5-6,9,12-13H,4,7-8,10-11H2,1-3H3,(H,21,22). The summed E-state index contributed by atoms with van der Waals surface area (Å²) in [5.74, 6) is 2.80. The van der Waals surface area contributed by atoms with E-state index >= 15 is 0 Å². The molecule has 0 radical (unpaired) electrons. The second kappa shape index (κ2) is 8.03. The number of methoxy groups -OCH3 is 1. The van der Waals surface area contributed by atoms with E-state index in [2.05, 4.69) is 21.9 Å². The van der Waals surface area contributed by atoms with Crippen LogP contribution >= 0.6 is 0 Å². The minimum Gasteiger partial charge on any atom is -0.497 e. The van der Waals surface area contributed by atoms with Crippen LogP contribution in [0.25, 0.3) is 11.0 Å². The van der Waals surface area contributed by atoms with Gasteiger partial charge in [0.05, 0.1) is 18.1 Å². The highest BCUT2D eigenvalue weighted by atomic mass is 16.5. The van der Waals surface area contributed by atoms with E-state index in [9.17, 15) is 4.79 Å². The Labute approximate surface area is 153 Å². The molecule has 3 aromatic rings. The monoisotopic (exact) mass is 355 g/mol. The first-order valence-corrected chi connectivity index (χ1v) is 8.87. The third-order valence-corrected chi connectivity index (χ3v) is 4.53. The minimum atomic E-state index is 0.124. The summed E-state index contributed by atoms with van der Waals surface area (Å²) in [7, 11) is 3.48. The number of aryl methyl sites for hydroxylation is 2. The molecule has 0 saturated carbocycles. The predicted octanol–water partition coefficient (Wildman–Crippen LogP) is 2.42. The van der Waals surface area contributed by atoms with E-state index in [0.717, 1.165) is 34.9 Å². The summed E-state index contributed by atoms with van der Waals surface area (Å²) in [6.45, 7) is 3.35. The van der Waals surface area contributed by atoms with Crippen molar-refractivity contribution < 1.29 is 9.53 Å². The molecule has 0 spiro atoms. The van der Waals surface area contributed by atoms with Crippen molar-refractivity contribution in [1.29, 1.82) is 0 Å². The maximum Gasteiger partial charge on any atom is 0.224 e. The molecule has 1 N–H and O–H groups in total. The van der Waals surface area contributed by atoms with Gasteiger partial charge in [0.2, 0.25) is 5.91 Å². The van der Waals surface area contributed by atoms with Crippen molar-refractivity contribution in [3.05, 3.63) is 42.2 Å². The average Bonchev–Trinajstić information content (AvgIpc) is 3.28. The second-order valence-electron chi connectivity index (χ2n) is 6.27. The van der Waals surface area contributed by atoms with Gasteiger partial charge in [0.15, 0.2) is 0 Å². The number of likely N-dealkylation sites (N-methyl/N-ethyl adjacent to an activating group) is 1. The number of hydrogen-bond acceptors (Lipinski definition) is 4. The van der Waals surface area contributed by atoms with Crippen LogP contribution in [0.5, 0.6) is 5.75 Å². The van der Waals surface area contributed by atoms with Crippen molar-refractivity contribution in [3.8, 4) is 5.75 Å². The molecule has 2 aromatic heterocycles. The van der Waals surface area contributed by atoms with Gasteiger partial charge in [-0.3, -0.25) is 4.79 Å². The molecular formula is C19H25N5O2. The van der Waals surface area contributed by atoms with Crippen molar-refractivity contribution in [3.63, 3.8) is 0 Å². The Hall–Kier alpha value is -2.83. The van der Waals surface area contributed by atoms with Crippen LogP contribution in [0.3, 0.4) is 0 Å². The summed E-state index contributed by atoms with van der Waals surface area (Å²) < 4.78 is 7.27. The first-order valence-electron chi connectivity index (χ1n) is 8.87. The van der Waals surface area contributed by atoms with Crippen LogP contribution < -0.4 is 4.74 Å². The van der Waals surface area contributed by atoms with Gasteiger partial charge in [-0.15, -0.1) is 0 Å². The minimum absolute atomic E-state index is 0.124. The lowest BCUT2D eigenvalue weighted by Gasteiger charge is -2.17. The van der Waals surface area contributed by atoms with Gasteiger partial charge in [0.25, 0.3) is 0 Å². The predicted molar refractivity (Wildman–Crippen MR) is 100 cm³/mol. The third kappa shape index (κ3) is 4.04.